The Balaban J connectivity index is 4.48. The summed E-state index contributed by atoms with van der Waals surface area (Å²) >= 11 is 0. The van der Waals surface area contributed by atoms with Crippen LogP contribution in [0.3, 0.4) is 0 Å². The van der Waals surface area contributed by atoms with E-state index in [0.29, 0.717) is 19.3 Å². The molecular weight excluding hydrogens is 901 g/mol. The number of carbonyl (C=O) groups excluding carboxylic acids is 3. The number of allylic oxidation sites excluding steroid dienone is 16. The van der Waals surface area contributed by atoms with Gasteiger partial charge in [-0.1, -0.05) is 253 Å². The van der Waals surface area contributed by atoms with Crippen molar-refractivity contribution in [1.82, 2.24) is 0 Å². The van der Waals surface area contributed by atoms with Crippen molar-refractivity contribution in [2.75, 3.05) is 13.2 Å². The Morgan fingerprint density at radius 1 is 0.274 bits per heavy atom. The van der Waals surface area contributed by atoms with Gasteiger partial charge in [-0.15, -0.1) is 0 Å². The second-order valence-electron chi connectivity index (χ2n) is 20.2. The lowest BCUT2D eigenvalue weighted by molar-refractivity contribution is -0.166. The molecule has 0 aromatic heterocycles. The molecule has 0 aliphatic rings. The van der Waals surface area contributed by atoms with Crippen LogP contribution >= 0.6 is 0 Å². The summed E-state index contributed by atoms with van der Waals surface area (Å²) in [5, 5.41) is 0. The summed E-state index contributed by atoms with van der Waals surface area (Å²) in [6, 6.07) is 0. The van der Waals surface area contributed by atoms with Crippen LogP contribution in [0.2, 0.25) is 0 Å². The molecule has 0 aromatic carbocycles. The van der Waals surface area contributed by atoms with E-state index in [2.05, 4.69) is 112 Å². The number of unbranched alkanes of at least 4 members (excludes halogenated alkanes) is 28. The zero-order valence-electron chi connectivity index (χ0n) is 47.9. The van der Waals surface area contributed by atoms with Crippen molar-refractivity contribution >= 4 is 17.9 Å². The predicted octanol–water partition coefficient (Wildman–Crippen LogP) is 20.9. The molecule has 6 nitrogen and oxygen atoms in total. The van der Waals surface area contributed by atoms with Crippen molar-refractivity contribution in [2.24, 2.45) is 0 Å². The quantitative estimate of drug-likeness (QED) is 0.0261. The number of esters is 3. The van der Waals surface area contributed by atoms with Crippen LogP contribution < -0.4 is 0 Å². The average molecular weight is 1020 g/mol. The van der Waals surface area contributed by atoms with E-state index in [1.165, 1.54) is 154 Å². The Hall–Kier alpha value is -3.67. The van der Waals surface area contributed by atoms with Gasteiger partial charge in [0.15, 0.2) is 6.10 Å². The zero-order valence-corrected chi connectivity index (χ0v) is 47.9. The Morgan fingerprint density at radius 3 is 0.863 bits per heavy atom. The number of hydrogen-bond acceptors (Lipinski definition) is 6. The molecule has 0 rings (SSSR count). The van der Waals surface area contributed by atoms with E-state index < -0.39 is 12.1 Å². The summed E-state index contributed by atoms with van der Waals surface area (Å²) in [4.78, 5) is 38.2. The number of rotatable bonds is 55. The summed E-state index contributed by atoms with van der Waals surface area (Å²) in [7, 11) is 0. The lowest BCUT2D eigenvalue weighted by atomic mass is 10.0. The van der Waals surface area contributed by atoms with Crippen LogP contribution in [-0.2, 0) is 28.6 Å². The van der Waals surface area contributed by atoms with Gasteiger partial charge < -0.3 is 14.2 Å². The molecular formula is C67H114O6. The summed E-state index contributed by atoms with van der Waals surface area (Å²) < 4.78 is 16.8. The minimum absolute atomic E-state index is 0.112. The van der Waals surface area contributed by atoms with E-state index in [4.69, 9.17) is 14.2 Å². The van der Waals surface area contributed by atoms with E-state index >= 15 is 0 Å². The second-order valence-corrected chi connectivity index (χ2v) is 20.2. The second kappa shape index (κ2) is 60.9. The molecule has 73 heavy (non-hydrogen) atoms. The van der Waals surface area contributed by atoms with Crippen LogP contribution in [0.1, 0.15) is 290 Å². The van der Waals surface area contributed by atoms with Crippen molar-refractivity contribution in [1.29, 1.82) is 0 Å². The third-order valence-electron chi connectivity index (χ3n) is 13.0. The first kappa shape index (κ1) is 69.3. The molecule has 0 unspecified atom stereocenters. The van der Waals surface area contributed by atoms with Gasteiger partial charge in [-0.25, -0.2) is 0 Å². The monoisotopic (exact) mass is 1010 g/mol. The molecule has 0 aromatic rings. The van der Waals surface area contributed by atoms with Crippen LogP contribution in [0.25, 0.3) is 0 Å². The smallest absolute Gasteiger partial charge is 0.306 e. The summed E-state index contributed by atoms with van der Waals surface area (Å²) in [5.41, 5.74) is 0. The van der Waals surface area contributed by atoms with Gasteiger partial charge in [0, 0.05) is 19.3 Å². The van der Waals surface area contributed by atoms with Gasteiger partial charge in [-0.3, -0.25) is 14.4 Å². The van der Waals surface area contributed by atoms with Crippen LogP contribution in [0.5, 0.6) is 0 Å². The first-order valence-electron chi connectivity index (χ1n) is 30.7. The highest BCUT2D eigenvalue weighted by atomic mass is 16.6. The van der Waals surface area contributed by atoms with Crippen molar-refractivity contribution in [3.8, 4) is 0 Å². The van der Waals surface area contributed by atoms with E-state index in [0.717, 1.165) is 89.9 Å². The minimum Gasteiger partial charge on any atom is -0.462 e. The van der Waals surface area contributed by atoms with E-state index in [1.807, 2.05) is 6.08 Å². The first-order valence-corrected chi connectivity index (χ1v) is 30.7. The standard InChI is InChI=1S/C67H114O6/c1-4-7-10-13-16-19-22-25-28-30-32-33-35-36-39-42-45-48-51-54-57-60-66(69)72-63-64(62-71-65(68)59-56-53-50-47-44-41-38-27-24-21-18-15-12-9-6-3)73-67(70)61-58-55-52-49-46-43-40-37-34-31-29-26-23-20-17-14-11-8-5-2/h17-18,20-21,25-29,34,37-38,43,46,52,55,64H,4-16,19,22-24,30-33,35-36,39-42,44-45,47-51,53-54,56-63H2,1-3H3/b20-17-,21-18-,28-25-,29-26-,37-34-,38-27-,46-43-,55-52-/t64-/m1/s1. The van der Waals surface area contributed by atoms with Crippen molar-refractivity contribution in [3.05, 3.63) is 97.2 Å². The van der Waals surface area contributed by atoms with Gasteiger partial charge >= 0.3 is 17.9 Å². The van der Waals surface area contributed by atoms with Crippen LogP contribution in [-0.4, -0.2) is 37.2 Å². The molecule has 0 radical (unpaired) electrons. The maximum absolute atomic E-state index is 12.9. The SMILES string of the molecule is CCCCC/C=C\C/C=C\C/C=C\C/C=C\C/C=C\CCC(=O)O[C@H](COC(=O)CCCCCCC/C=C\C/C=C\CCCCC)COC(=O)CCCCCCCCCCCCC/C=C\CCCCCCCC. The maximum atomic E-state index is 12.9. The highest BCUT2D eigenvalue weighted by Gasteiger charge is 2.19. The number of hydrogen-bond donors (Lipinski definition) is 0. The molecule has 0 heterocycles. The van der Waals surface area contributed by atoms with Gasteiger partial charge in [0.2, 0.25) is 0 Å². The zero-order chi connectivity index (χ0) is 52.9. The Kier molecular flexibility index (Phi) is 57.8. The molecule has 0 fully saturated rings. The van der Waals surface area contributed by atoms with Gasteiger partial charge in [0.25, 0.3) is 0 Å². The van der Waals surface area contributed by atoms with Crippen LogP contribution in [0, 0.1) is 0 Å². The third kappa shape index (κ3) is 59.1. The molecule has 0 aliphatic heterocycles. The fourth-order valence-corrected chi connectivity index (χ4v) is 8.39. The molecule has 6 heteroatoms. The van der Waals surface area contributed by atoms with Gasteiger partial charge in [-0.2, -0.15) is 0 Å². The van der Waals surface area contributed by atoms with Crippen LogP contribution in [0.4, 0.5) is 0 Å². The van der Waals surface area contributed by atoms with E-state index in [1.54, 1.807) is 0 Å². The van der Waals surface area contributed by atoms with Gasteiger partial charge in [0.1, 0.15) is 13.2 Å². The van der Waals surface area contributed by atoms with Crippen molar-refractivity contribution < 1.29 is 28.6 Å². The Bertz CT molecular complexity index is 1440. The molecule has 1 atom stereocenters. The van der Waals surface area contributed by atoms with Crippen LogP contribution in [0.15, 0.2) is 97.2 Å². The number of ether oxygens (including phenoxy) is 3. The summed E-state index contributed by atoms with van der Waals surface area (Å²) in [6.07, 6.45) is 81.3. The first-order chi connectivity index (χ1) is 36.0. The molecule has 0 amide bonds. The fourth-order valence-electron chi connectivity index (χ4n) is 8.39. The predicted molar refractivity (Wildman–Crippen MR) is 316 cm³/mol. The Labute approximate surface area is 451 Å². The summed E-state index contributed by atoms with van der Waals surface area (Å²) in [5.74, 6) is -1.00. The molecule has 418 valence electrons. The Morgan fingerprint density at radius 2 is 0.521 bits per heavy atom. The highest BCUT2D eigenvalue weighted by molar-refractivity contribution is 5.71. The normalized spacial score (nSPS) is 12.8. The molecule has 0 bridgehead atoms. The molecule has 0 saturated heterocycles. The maximum Gasteiger partial charge on any atom is 0.306 e. The minimum atomic E-state index is -0.825. The summed E-state index contributed by atoms with van der Waals surface area (Å²) in [6.45, 7) is 6.53. The lowest BCUT2D eigenvalue weighted by Crippen LogP contribution is -2.30. The molecule has 0 saturated carbocycles. The van der Waals surface area contributed by atoms with E-state index in [9.17, 15) is 14.4 Å². The lowest BCUT2D eigenvalue weighted by Gasteiger charge is -2.18. The highest BCUT2D eigenvalue weighted by Crippen LogP contribution is 2.15. The van der Waals surface area contributed by atoms with Gasteiger partial charge in [-0.05, 0) is 116 Å². The largest absolute Gasteiger partial charge is 0.462 e. The average Bonchev–Trinajstić information content (AvgIpc) is 3.39. The number of carbonyl (C=O) groups is 3. The van der Waals surface area contributed by atoms with Crippen molar-refractivity contribution in [3.63, 3.8) is 0 Å². The topological polar surface area (TPSA) is 78.9 Å². The third-order valence-corrected chi connectivity index (χ3v) is 13.0. The van der Waals surface area contributed by atoms with E-state index in [-0.39, 0.29) is 31.6 Å². The molecule has 0 aliphatic carbocycles. The molecule has 0 N–H and O–H groups in total. The van der Waals surface area contributed by atoms with Gasteiger partial charge in [0.05, 0.1) is 0 Å². The molecule has 0 spiro atoms. The fraction of sp³-hybridized carbons (Fsp3) is 0.716. The van der Waals surface area contributed by atoms with Crippen molar-refractivity contribution in [2.45, 2.75) is 297 Å².